The number of fused-ring (bicyclic) bond motifs is 10. The van der Waals surface area contributed by atoms with Crippen molar-refractivity contribution in [1.29, 1.82) is 10.5 Å². The number of anilines is 6. The Morgan fingerprint density at radius 1 is 0.327 bits per heavy atom. The molecule has 476 valence electrons. The summed E-state index contributed by atoms with van der Waals surface area (Å²) in [5, 5.41) is 28.5. The summed E-state index contributed by atoms with van der Waals surface area (Å²) in [6, 6.07) is 91.9. The molecule has 0 unspecified atom stereocenters. The molecule has 0 atom stereocenters. The molecule has 12 aromatic carbocycles. The maximum absolute atomic E-state index is 12.3. The van der Waals surface area contributed by atoms with Gasteiger partial charge in [-0.05, 0) is 179 Å². The lowest BCUT2D eigenvalue weighted by Gasteiger charge is -2.45. The molecule has 0 saturated carbocycles. The van der Waals surface area contributed by atoms with Crippen LogP contribution in [0.3, 0.4) is 0 Å². The molecule has 16 rings (SSSR count). The third-order valence-electron chi connectivity index (χ3n) is 20.7. The van der Waals surface area contributed by atoms with Gasteiger partial charge >= 0.3 is 0 Å². The van der Waals surface area contributed by atoms with Gasteiger partial charge in [0.15, 0.2) is 0 Å². The number of aromatic nitrogens is 2. The molecule has 4 heterocycles. The van der Waals surface area contributed by atoms with E-state index < -0.39 is 13.6 Å². The molecule has 14 aromatic rings. The molecular weight excluding hydrogens is 1190 g/mol. The summed E-state index contributed by atoms with van der Waals surface area (Å²) in [4.78, 5) is 4.68. The van der Waals surface area contributed by atoms with Crippen molar-refractivity contribution in [3.05, 3.63) is 282 Å². The molecule has 0 aliphatic carbocycles. The lowest BCUT2D eigenvalue weighted by molar-refractivity contribution is 0.568. The van der Waals surface area contributed by atoms with Crippen LogP contribution in [0, 0.1) is 29.5 Å². The van der Waals surface area contributed by atoms with Crippen molar-refractivity contribution in [2.45, 2.75) is 112 Å². The summed E-state index contributed by atoms with van der Waals surface area (Å²) >= 11 is 0. The lowest BCUT2D eigenvalue weighted by Crippen LogP contribution is -2.61. The molecule has 0 saturated heterocycles. The van der Waals surface area contributed by atoms with Crippen molar-refractivity contribution in [3.8, 4) is 56.9 Å². The van der Waals surface area contributed by atoms with E-state index in [0.717, 1.165) is 128 Å². The number of hydrogen-bond donors (Lipinski definition) is 0. The summed E-state index contributed by atoms with van der Waals surface area (Å²) in [6.45, 7) is 24.6. The van der Waals surface area contributed by atoms with E-state index >= 15 is 0 Å². The first kappa shape index (κ1) is 58.3. The van der Waals surface area contributed by atoms with Gasteiger partial charge < -0.3 is 18.9 Å². The number of benzene rings is 12. The van der Waals surface area contributed by atoms with E-state index in [-0.39, 0.29) is 27.2 Å². The number of nitriles is 2. The largest absolute Gasteiger partial charge is 0.310 e. The van der Waals surface area contributed by atoms with E-state index in [4.69, 9.17) is 4.11 Å². The number of rotatable bonds is 7. The second kappa shape index (κ2) is 22.5. The van der Waals surface area contributed by atoms with Crippen LogP contribution in [0.15, 0.2) is 243 Å². The fraction of sp³-hybridized carbons (Fsp3) is 0.187. The standard InChI is InChI=1S/C91H79BN6/c1-56-33-35-57(36-34-56)63-49-85-87-86(50-63)98(82-53-68(40-37-60(82)54-93)95-76-27-18-14-23-69(76)70-24-15-19-28-77(70)95)84-48-59(62-45-66(90(8,9)10)52-67(46-62)91(11,12)13)39-42-75(84)92(87)74-41-38-58(61-43-64(88(2,3)4)51-65(44-61)89(5,6)7)47-83(74)97(85)81-32-22-31-80(73(81)55-94)96-78-29-20-16-25-71(78)72-26-17-21-30-79(72)96/h14-53H,1-13H3/i1D3. The summed E-state index contributed by atoms with van der Waals surface area (Å²) in [6.07, 6.45) is 0. The van der Waals surface area contributed by atoms with Crippen LogP contribution in [0.4, 0.5) is 34.1 Å². The van der Waals surface area contributed by atoms with Crippen molar-refractivity contribution in [2.24, 2.45) is 0 Å². The first-order valence-electron chi connectivity index (χ1n) is 35.7. The first-order valence-corrected chi connectivity index (χ1v) is 34.2. The van der Waals surface area contributed by atoms with Crippen LogP contribution in [-0.2, 0) is 21.7 Å². The number of para-hydroxylation sites is 4. The topological polar surface area (TPSA) is 63.9 Å². The molecule has 0 bridgehead atoms. The Bertz CT molecular complexity index is 5540. The molecule has 0 radical (unpaired) electrons. The smallest absolute Gasteiger partial charge is 0.252 e. The molecule has 2 aromatic heterocycles. The molecule has 2 aliphatic heterocycles. The minimum absolute atomic E-state index is 0.161. The van der Waals surface area contributed by atoms with Crippen LogP contribution in [0.2, 0.25) is 0 Å². The quantitative estimate of drug-likeness (QED) is 0.149. The summed E-state index contributed by atoms with van der Waals surface area (Å²) < 4.78 is 30.2. The van der Waals surface area contributed by atoms with Crippen LogP contribution in [0.25, 0.3) is 88.4 Å². The van der Waals surface area contributed by atoms with Gasteiger partial charge in [-0.15, -0.1) is 0 Å². The van der Waals surface area contributed by atoms with Gasteiger partial charge in [0.1, 0.15) is 17.7 Å². The minimum atomic E-state index is -2.34. The lowest BCUT2D eigenvalue weighted by atomic mass is 9.33. The number of nitrogens with zero attached hydrogens (tertiary/aromatic N) is 6. The zero-order valence-electron chi connectivity index (χ0n) is 60.9. The average Bonchev–Trinajstić information content (AvgIpc) is 1.47. The van der Waals surface area contributed by atoms with Gasteiger partial charge in [0.05, 0.1) is 44.7 Å². The highest BCUT2D eigenvalue weighted by atomic mass is 15.2. The molecule has 0 N–H and O–H groups in total. The van der Waals surface area contributed by atoms with E-state index in [1.807, 2.05) is 18.2 Å². The predicted molar refractivity (Wildman–Crippen MR) is 414 cm³/mol. The summed E-state index contributed by atoms with van der Waals surface area (Å²) in [5.41, 5.74) is 25.0. The zero-order chi connectivity index (χ0) is 70.6. The van der Waals surface area contributed by atoms with Crippen molar-refractivity contribution in [1.82, 2.24) is 9.13 Å². The molecule has 6 nitrogen and oxygen atoms in total. The van der Waals surface area contributed by atoms with E-state index in [1.165, 1.54) is 22.3 Å². The first-order chi connectivity index (χ1) is 48.2. The van der Waals surface area contributed by atoms with Crippen LogP contribution in [0.1, 0.15) is 126 Å². The van der Waals surface area contributed by atoms with E-state index in [2.05, 4.69) is 326 Å². The normalized spacial score (nSPS) is 13.7. The zero-order valence-corrected chi connectivity index (χ0v) is 57.9. The van der Waals surface area contributed by atoms with Gasteiger partial charge in [0.25, 0.3) is 6.71 Å². The monoisotopic (exact) mass is 1270 g/mol. The van der Waals surface area contributed by atoms with Crippen LogP contribution in [-0.4, -0.2) is 15.8 Å². The Hall–Kier alpha value is -11.1. The second-order valence-electron chi connectivity index (χ2n) is 31.1. The summed E-state index contributed by atoms with van der Waals surface area (Å²) in [7, 11) is 0. The predicted octanol–water partition coefficient (Wildman–Crippen LogP) is 22.2. The van der Waals surface area contributed by atoms with Gasteiger partial charge in [0.2, 0.25) is 0 Å². The van der Waals surface area contributed by atoms with Crippen LogP contribution >= 0.6 is 0 Å². The van der Waals surface area contributed by atoms with Gasteiger partial charge in [-0.2, -0.15) is 10.5 Å². The Morgan fingerprint density at radius 3 is 1.15 bits per heavy atom. The number of hydrogen-bond acceptors (Lipinski definition) is 4. The van der Waals surface area contributed by atoms with Crippen molar-refractivity contribution in [2.75, 3.05) is 9.80 Å². The molecule has 0 fully saturated rings. The highest BCUT2D eigenvalue weighted by Crippen LogP contribution is 2.51. The Kier molecular flexibility index (Phi) is 13.4. The van der Waals surface area contributed by atoms with Gasteiger partial charge in [-0.3, -0.25) is 0 Å². The second-order valence-corrected chi connectivity index (χ2v) is 31.1. The SMILES string of the molecule is [2H]C([2H])([2H])c1ccc(-c2cc3c4c(c2)N(c2cccc(-n5c6ccccc6c6ccccc65)c2C#N)c2cc(-c5cc(C(C)(C)C)cc(C(C)(C)C)c5)ccc2B4c2ccc(-c4cc(C(C)(C)C)cc(C(C)(C)C)c4)cc2N3c2cc(-n3c4ccccc4c4ccccc43)ccc2C#N)cc1. The Balaban J connectivity index is 1.06. The van der Waals surface area contributed by atoms with Gasteiger partial charge in [-0.25, -0.2) is 0 Å². The molecule has 0 amide bonds. The van der Waals surface area contributed by atoms with Crippen molar-refractivity contribution < 1.29 is 4.11 Å². The third kappa shape index (κ3) is 10.0. The van der Waals surface area contributed by atoms with Crippen LogP contribution in [0.5, 0.6) is 0 Å². The van der Waals surface area contributed by atoms with Crippen molar-refractivity contribution in [3.63, 3.8) is 0 Å². The van der Waals surface area contributed by atoms with E-state index in [1.54, 1.807) is 12.1 Å². The Labute approximate surface area is 581 Å². The van der Waals surface area contributed by atoms with Crippen LogP contribution < -0.4 is 26.2 Å². The average molecular weight is 1270 g/mol. The maximum atomic E-state index is 12.3. The molecule has 7 heteroatoms. The van der Waals surface area contributed by atoms with Crippen molar-refractivity contribution >= 4 is 101 Å². The highest BCUT2D eigenvalue weighted by molar-refractivity contribution is 7.00. The fourth-order valence-corrected chi connectivity index (χ4v) is 15.4. The van der Waals surface area contributed by atoms with E-state index in [0.29, 0.717) is 22.5 Å². The minimum Gasteiger partial charge on any atom is -0.310 e. The maximum Gasteiger partial charge on any atom is 0.252 e. The van der Waals surface area contributed by atoms with Gasteiger partial charge in [0, 0.05) is 54.1 Å². The molecule has 0 spiro atoms. The molecule has 98 heavy (non-hydrogen) atoms. The number of aryl methyl sites for hydroxylation is 1. The third-order valence-corrected chi connectivity index (χ3v) is 20.7. The van der Waals surface area contributed by atoms with E-state index in [9.17, 15) is 10.5 Å². The summed E-state index contributed by atoms with van der Waals surface area (Å²) in [5.74, 6) is 0. The fourth-order valence-electron chi connectivity index (χ4n) is 15.4. The highest BCUT2D eigenvalue weighted by Gasteiger charge is 2.45. The Morgan fingerprint density at radius 2 is 0.724 bits per heavy atom. The molecular formula is C91H79BN6. The van der Waals surface area contributed by atoms with Gasteiger partial charge in [-0.1, -0.05) is 252 Å². The molecule has 2 aliphatic rings.